The van der Waals surface area contributed by atoms with E-state index in [0.717, 1.165) is 11.1 Å². The van der Waals surface area contributed by atoms with Crippen molar-refractivity contribution in [3.05, 3.63) is 109 Å². The lowest BCUT2D eigenvalue weighted by atomic mass is 9.87. The van der Waals surface area contributed by atoms with Crippen LogP contribution in [0.15, 0.2) is 113 Å². The summed E-state index contributed by atoms with van der Waals surface area (Å²) >= 11 is 0. The second-order valence-electron chi connectivity index (χ2n) is 11.2. The molecule has 3 rings (SSSR count). The summed E-state index contributed by atoms with van der Waals surface area (Å²) in [6.45, 7) is 18.5. The Labute approximate surface area is 228 Å². The summed E-state index contributed by atoms with van der Waals surface area (Å²) in [5, 5.41) is 0. The number of benzene rings is 3. The molecule has 0 saturated heterocycles. The molecule has 0 aliphatic rings. The number of sulfone groups is 1. The average Bonchev–Trinajstić information content (AvgIpc) is 2.84. The van der Waals surface area contributed by atoms with E-state index in [1.54, 1.807) is 48.5 Å². The maximum atomic E-state index is 13.1. The lowest BCUT2D eigenvalue weighted by Crippen LogP contribution is -2.22. The molecule has 0 fully saturated rings. The molecule has 0 aliphatic heterocycles. The molecule has 38 heavy (non-hydrogen) atoms. The largest absolute Gasteiger partial charge is 0.488 e. The summed E-state index contributed by atoms with van der Waals surface area (Å²) in [6, 6.07) is 20.6. The van der Waals surface area contributed by atoms with E-state index in [1.165, 1.54) is 5.57 Å². The van der Waals surface area contributed by atoms with E-state index in [0.29, 0.717) is 17.2 Å². The highest BCUT2D eigenvalue weighted by molar-refractivity contribution is 7.91. The summed E-state index contributed by atoms with van der Waals surface area (Å²) in [4.78, 5) is 0.408. The smallest absolute Gasteiger partial charge is 0.206 e. The first-order valence-corrected chi connectivity index (χ1v) is 14.1. The van der Waals surface area contributed by atoms with Crippen molar-refractivity contribution in [2.24, 2.45) is 5.41 Å². The van der Waals surface area contributed by atoms with Gasteiger partial charge in [-0.2, -0.15) is 0 Å². The van der Waals surface area contributed by atoms with Gasteiger partial charge >= 0.3 is 0 Å². The number of rotatable bonds is 8. The highest BCUT2D eigenvalue weighted by atomic mass is 32.2. The van der Waals surface area contributed by atoms with Crippen molar-refractivity contribution in [2.75, 3.05) is 0 Å². The molecule has 0 heterocycles. The van der Waals surface area contributed by atoms with Crippen LogP contribution in [0.4, 0.5) is 0 Å². The molecule has 0 saturated carbocycles. The van der Waals surface area contributed by atoms with E-state index in [9.17, 15) is 8.42 Å². The zero-order chi connectivity index (χ0) is 28.1. The van der Waals surface area contributed by atoms with Crippen LogP contribution in [0.1, 0.15) is 54.0 Å². The quantitative estimate of drug-likeness (QED) is 0.273. The second-order valence-corrected chi connectivity index (χ2v) is 13.2. The van der Waals surface area contributed by atoms with Crippen LogP contribution < -0.4 is 9.47 Å². The minimum atomic E-state index is -3.66. The summed E-state index contributed by atoms with van der Waals surface area (Å²) in [6.07, 6.45) is 6.05. The molecule has 4 nitrogen and oxygen atoms in total. The monoisotopic (exact) mass is 530 g/mol. The fourth-order valence-corrected chi connectivity index (χ4v) is 4.72. The van der Waals surface area contributed by atoms with Gasteiger partial charge in [-0.1, -0.05) is 63.3 Å². The molecular formula is C33H38O4S. The van der Waals surface area contributed by atoms with Crippen LogP contribution in [0.3, 0.4) is 0 Å². The molecule has 0 N–H and O–H groups in total. The summed E-state index contributed by atoms with van der Waals surface area (Å²) < 4.78 is 37.9. The predicted molar refractivity (Wildman–Crippen MR) is 157 cm³/mol. The van der Waals surface area contributed by atoms with Gasteiger partial charge in [-0.05, 0) is 105 Å². The van der Waals surface area contributed by atoms with Gasteiger partial charge < -0.3 is 9.47 Å². The van der Waals surface area contributed by atoms with E-state index in [2.05, 4.69) is 46.4 Å². The van der Waals surface area contributed by atoms with E-state index < -0.39 is 9.84 Å². The van der Waals surface area contributed by atoms with Crippen molar-refractivity contribution < 1.29 is 17.9 Å². The molecule has 3 aromatic rings. The Morgan fingerprint density at radius 2 is 1.16 bits per heavy atom. The Morgan fingerprint density at radius 3 is 1.58 bits per heavy atom. The van der Waals surface area contributed by atoms with Crippen LogP contribution in [-0.2, 0) is 9.84 Å². The number of allylic oxidation sites excluding steroid dienone is 5. The summed E-state index contributed by atoms with van der Waals surface area (Å²) in [5.74, 6) is 1.83. The summed E-state index contributed by atoms with van der Waals surface area (Å²) in [7, 11) is -3.66. The van der Waals surface area contributed by atoms with E-state index in [1.807, 2.05) is 51.1 Å². The van der Waals surface area contributed by atoms with Gasteiger partial charge in [-0.15, -0.1) is 0 Å². The standard InChI is InChI=1S/C33H38O4S/c1-9-25(11-10-24(2)32(3,4)5)26-12-14-27(15-13-26)36-28-16-20-30(21-17-28)38(34,35)31-22-18-29(19-23-31)37-33(6,7)8/h9-23H,1H2,2-8H3/b24-10+,25-11+. The Kier molecular flexibility index (Phi) is 8.73. The third kappa shape index (κ3) is 7.72. The number of hydrogen-bond acceptors (Lipinski definition) is 4. The van der Waals surface area contributed by atoms with E-state index in [-0.39, 0.29) is 20.8 Å². The van der Waals surface area contributed by atoms with Gasteiger partial charge in [0.1, 0.15) is 22.8 Å². The van der Waals surface area contributed by atoms with Gasteiger partial charge in [0, 0.05) is 0 Å². The fourth-order valence-electron chi connectivity index (χ4n) is 3.46. The van der Waals surface area contributed by atoms with Crippen LogP contribution in [0.25, 0.3) is 5.57 Å². The van der Waals surface area contributed by atoms with Gasteiger partial charge in [0.15, 0.2) is 0 Å². The molecule has 3 aromatic carbocycles. The minimum Gasteiger partial charge on any atom is -0.488 e. The van der Waals surface area contributed by atoms with Gasteiger partial charge in [-0.25, -0.2) is 8.42 Å². The van der Waals surface area contributed by atoms with Crippen molar-refractivity contribution in [1.82, 2.24) is 0 Å². The van der Waals surface area contributed by atoms with Crippen molar-refractivity contribution in [3.8, 4) is 17.2 Å². The Balaban J connectivity index is 1.72. The second kappa shape index (κ2) is 11.4. The van der Waals surface area contributed by atoms with Crippen LogP contribution in [0.2, 0.25) is 0 Å². The molecule has 0 radical (unpaired) electrons. The lowest BCUT2D eigenvalue weighted by Gasteiger charge is -2.21. The molecule has 0 spiro atoms. The van der Waals surface area contributed by atoms with Crippen molar-refractivity contribution >= 4 is 15.4 Å². The van der Waals surface area contributed by atoms with Crippen molar-refractivity contribution in [2.45, 2.75) is 63.9 Å². The van der Waals surface area contributed by atoms with E-state index >= 15 is 0 Å². The first-order valence-electron chi connectivity index (χ1n) is 12.6. The molecule has 5 heteroatoms. The molecule has 0 bridgehead atoms. The van der Waals surface area contributed by atoms with Crippen LogP contribution in [0.5, 0.6) is 17.2 Å². The highest BCUT2D eigenvalue weighted by Gasteiger charge is 2.19. The Hall–Kier alpha value is -3.57. The lowest BCUT2D eigenvalue weighted by molar-refractivity contribution is 0.131. The summed E-state index contributed by atoms with van der Waals surface area (Å²) in [5.41, 5.74) is 3.09. The molecule has 0 unspecified atom stereocenters. The topological polar surface area (TPSA) is 52.6 Å². The molecule has 0 atom stereocenters. The molecule has 0 aromatic heterocycles. The first-order chi connectivity index (χ1) is 17.7. The maximum Gasteiger partial charge on any atom is 0.206 e. The first kappa shape index (κ1) is 29.0. The molecule has 200 valence electrons. The van der Waals surface area contributed by atoms with E-state index in [4.69, 9.17) is 9.47 Å². The fraction of sp³-hybridized carbons (Fsp3) is 0.273. The van der Waals surface area contributed by atoms with Crippen molar-refractivity contribution in [1.29, 1.82) is 0 Å². The predicted octanol–water partition coefficient (Wildman–Crippen LogP) is 9.05. The Bertz CT molecular complexity index is 1410. The van der Waals surface area contributed by atoms with Gasteiger partial charge in [0.05, 0.1) is 9.79 Å². The third-order valence-electron chi connectivity index (χ3n) is 6.03. The number of hydrogen-bond donors (Lipinski definition) is 0. The van der Waals surface area contributed by atoms with Gasteiger partial charge in [-0.3, -0.25) is 0 Å². The zero-order valence-corrected chi connectivity index (χ0v) is 24.2. The number of ether oxygens (including phenoxy) is 2. The molecule has 0 amide bonds. The molecular weight excluding hydrogens is 492 g/mol. The van der Waals surface area contributed by atoms with Crippen LogP contribution >= 0.6 is 0 Å². The SMILES string of the molecule is C=C/C(=C\C=C(/C)C(C)(C)C)c1ccc(Oc2ccc(S(=O)(=O)c3ccc(OC(C)(C)C)cc3)cc2)cc1. The van der Waals surface area contributed by atoms with Crippen molar-refractivity contribution in [3.63, 3.8) is 0 Å². The third-order valence-corrected chi connectivity index (χ3v) is 7.82. The van der Waals surface area contributed by atoms with Gasteiger partial charge in [0.2, 0.25) is 9.84 Å². The van der Waals surface area contributed by atoms with Gasteiger partial charge in [0.25, 0.3) is 0 Å². The zero-order valence-electron chi connectivity index (χ0n) is 23.4. The van der Waals surface area contributed by atoms with Crippen LogP contribution in [0, 0.1) is 5.41 Å². The maximum absolute atomic E-state index is 13.1. The minimum absolute atomic E-state index is 0.112. The molecule has 0 aliphatic carbocycles. The van der Waals surface area contributed by atoms with Crippen LogP contribution in [-0.4, -0.2) is 14.0 Å². The Morgan fingerprint density at radius 1 is 0.711 bits per heavy atom. The normalized spacial score (nSPS) is 13.2. The average molecular weight is 531 g/mol. The highest BCUT2D eigenvalue weighted by Crippen LogP contribution is 2.29.